The van der Waals surface area contributed by atoms with Gasteiger partial charge < -0.3 is 36.2 Å². The number of carbonyl (C=O) groups is 2. The number of nitrogens with two attached hydrogens (primary N) is 1. The maximum absolute atomic E-state index is 12.7. The molecular formula is C25H23N7O7. The summed E-state index contributed by atoms with van der Waals surface area (Å²) in [6, 6.07) is 5.21. The van der Waals surface area contributed by atoms with Crippen LogP contribution in [0.15, 0.2) is 61.5 Å². The Hall–Kier alpha value is -4.92. The number of nitrogen functional groups attached to an aromatic ring is 1. The molecular weight excluding hydrogens is 510 g/mol. The van der Waals surface area contributed by atoms with Gasteiger partial charge in [-0.15, -0.1) is 0 Å². The Morgan fingerprint density at radius 2 is 1.85 bits per heavy atom. The molecule has 4 aromatic rings. The number of benzene rings is 1. The van der Waals surface area contributed by atoms with Gasteiger partial charge in [0.2, 0.25) is 0 Å². The average Bonchev–Trinajstić information content (AvgIpc) is 3.49. The minimum atomic E-state index is -1.32. The summed E-state index contributed by atoms with van der Waals surface area (Å²) in [4.78, 5) is 41.4. The van der Waals surface area contributed by atoms with E-state index in [0.29, 0.717) is 16.7 Å². The number of ketones is 1. The molecule has 0 spiro atoms. The lowest BCUT2D eigenvalue weighted by atomic mass is 10.0. The molecule has 0 aliphatic carbocycles. The van der Waals surface area contributed by atoms with Crippen molar-refractivity contribution in [1.29, 1.82) is 0 Å². The van der Waals surface area contributed by atoms with E-state index in [1.54, 1.807) is 0 Å². The third-order valence-corrected chi connectivity index (χ3v) is 6.18. The molecule has 1 amide bonds. The smallest absolute Gasteiger partial charge is 0.255 e. The quantitative estimate of drug-likeness (QED) is 0.105. The van der Waals surface area contributed by atoms with Gasteiger partial charge in [0, 0.05) is 30.1 Å². The number of rotatable bonds is 7. The maximum atomic E-state index is 12.7. The van der Waals surface area contributed by atoms with Crippen LogP contribution in [0, 0.1) is 0 Å². The number of anilines is 1. The fraction of sp³-hybridized carbons (Fsp3) is 0.200. The van der Waals surface area contributed by atoms with Gasteiger partial charge in [-0.2, -0.15) is 0 Å². The van der Waals surface area contributed by atoms with Crippen LogP contribution in [0.3, 0.4) is 0 Å². The Bertz CT molecular complexity index is 1570. The van der Waals surface area contributed by atoms with Crippen LogP contribution in [0.25, 0.3) is 11.2 Å². The van der Waals surface area contributed by atoms with Gasteiger partial charge in [0.15, 0.2) is 35.0 Å². The number of aliphatic hydroxyl groups is 2. The number of aliphatic hydroxyl groups excluding tert-OH is 2. The van der Waals surface area contributed by atoms with E-state index in [1.165, 1.54) is 60.0 Å². The number of aromatic hydroxyl groups is 2. The third kappa shape index (κ3) is 4.86. The molecule has 39 heavy (non-hydrogen) atoms. The lowest BCUT2D eigenvalue weighted by molar-refractivity contribution is -0.0245. The monoisotopic (exact) mass is 533 g/mol. The first-order valence-electron chi connectivity index (χ1n) is 11.7. The summed E-state index contributed by atoms with van der Waals surface area (Å²) in [5, 5.41) is 43.8. The van der Waals surface area contributed by atoms with Crippen molar-refractivity contribution in [2.45, 2.75) is 24.5 Å². The first-order chi connectivity index (χ1) is 18.8. The van der Waals surface area contributed by atoms with Gasteiger partial charge in [0.05, 0.1) is 11.9 Å². The SMILES string of the molecule is Nc1ncnc2c1ncn2C1OC(/C=C/CNC(=O)c2cc(C(=O)c3ccncc3)cc(O)c2O)C(O)C1O. The van der Waals surface area contributed by atoms with Crippen LogP contribution < -0.4 is 11.1 Å². The van der Waals surface area contributed by atoms with Crippen molar-refractivity contribution in [3.05, 3.63) is 78.2 Å². The van der Waals surface area contributed by atoms with Crippen LogP contribution in [0.1, 0.15) is 32.5 Å². The minimum absolute atomic E-state index is 0.00116. The standard InChI is InChI=1S/C25H23N7O7/c26-22-17-23(30-10-29-22)32(11-31-17)25-21(37)20(36)16(39-25)2-1-5-28-24(38)14-8-13(9-15(33)19(14)35)18(34)12-3-6-27-7-4-12/h1-4,6-11,16,20-21,25,33,35-37H,5H2,(H,28,38)(H2,26,29,30)/b2-1+. The Kier molecular flexibility index (Phi) is 6.89. The third-order valence-electron chi connectivity index (χ3n) is 6.18. The fourth-order valence-corrected chi connectivity index (χ4v) is 4.17. The first-order valence-corrected chi connectivity index (χ1v) is 11.7. The number of nitrogens with one attached hydrogen (secondary N) is 1. The molecule has 4 unspecified atom stereocenters. The molecule has 0 radical (unpaired) electrons. The van der Waals surface area contributed by atoms with E-state index < -0.39 is 47.7 Å². The molecule has 0 saturated carbocycles. The second-order valence-electron chi connectivity index (χ2n) is 8.65. The number of phenolic OH excluding ortho intramolecular Hbond substituents is 2. The van der Waals surface area contributed by atoms with Crippen molar-refractivity contribution >= 4 is 28.7 Å². The van der Waals surface area contributed by atoms with Gasteiger partial charge in [-0.1, -0.05) is 12.2 Å². The van der Waals surface area contributed by atoms with Crippen molar-refractivity contribution < 1.29 is 34.8 Å². The molecule has 14 heteroatoms. The second-order valence-corrected chi connectivity index (χ2v) is 8.65. The lowest BCUT2D eigenvalue weighted by Gasteiger charge is -2.16. The van der Waals surface area contributed by atoms with E-state index in [1.807, 2.05) is 0 Å². The van der Waals surface area contributed by atoms with Crippen LogP contribution in [-0.2, 0) is 4.74 Å². The summed E-state index contributed by atoms with van der Waals surface area (Å²) >= 11 is 0. The van der Waals surface area contributed by atoms with E-state index in [4.69, 9.17) is 10.5 Å². The largest absolute Gasteiger partial charge is 0.504 e. The fourth-order valence-electron chi connectivity index (χ4n) is 4.17. The van der Waals surface area contributed by atoms with Crippen LogP contribution in [0.5, 0.6) is 11.5 Å². The molecule has 200 valence electrons. The molecule has 1 aliphatic heterocycles. The number of amides is 1. The van der Waals surface area contributed by atoms with Gasteiger partial charge in [0.1, 0.15) is 30.2 Å². The van der Waals surface area contributed by atoms with Crippen LogP contribution >= 0.6 is 0 Å². The highest BCUT2D eigenvalue weighted by Gasteiger charge is 2.43. The Morgan fingerprint density at radius 3 is 2.62 bits per heavy atom. The summed E-state index contributed by atoms with van der Waals surface area (Å²) in [6.45, 7) is -0.0628. The molecule has 1 saturated heterocycles. The Morgan fingerprint density at radius 1 is 1.08 bits per heavy atom. The number of nitrogens with zero attached hydrogens (tertiary/aromatic N) is 5. The summed E-state index contributed by atoms with van der Waals surface area (Å²) in [6.07, 6.45) is 3.87. The number of hydrogen-bond donors (Lipinski definition) is 6. The van der Waals surface area contributed by atoms with Crippen molar-refractivity contribution in [1.82, 2.24) is 29.8 Å². The molecule has 4 heterocycles. The summed E-state index contributed by atoms with van der Waals surface area (Å²) in [5.41, 5.74) is 6.43. The van der Waals surface area contributed by atoms with E-state index in [-0.39, 0.29) is 23.5 Å². The molecule has 1 fully saturated rings. The number of fused-ring (bicyclic) bond motifs is 1. The number of aromatic nitrogens is 5. The molecule has 14 nitrogen and oxygen atoms in total. The van der Waals surface area contributed by atoms with Crippen LogP contribution in [-0.4, -0.2) is 81.5 Å². The molecule has 1 aromatic carbocycles. The van der Waals surface area contributed by atoms with E-state index in [9.17, 15) is 30.0 Å². The summed E-state index contributed by atoms with van der Waals surface area (Å²) in [7, 11) is 0. The Balaban J connectivity index is 1.25. The highest BCUT2D eigenvalue weighted by molar-refractivity contribution is 6.11. The topological polar surface area (TPSA) is 219 Å². The van der Waals surface area contributed by atoms with Crippen LogP contribution in [0.2, 0.25) is 0 Å². The average molecular weight is 534 g/mol. The van der Waals surface area contributed by atoms with Crippen molar-refractivity contribution in [3.8, 4) is 11.5 Å². The van der Waals surface area contributed by atoms with E-state index in [2.05, 4.69) is 25.3 Å². The molecule has 7 N–H and O–H groups in total. The normalized spacial score (nSPS) is 21.0. The molecule has 5 rings (SSSR count). The van der Waals surface area contributed by atoms with Crippen LogP contribution in [0.4, 0.5) is 5.82 Å². The number of carbonyl (C=O) groups excluding carboxylic acids is 2. The van der Waals surface area contributed by atoms with Gasteiger partial charge in [-0.05, 0) is 24.3 Å². The predicted molar refractivity (Wildman–Crippen MR) is 135 cm³/mol. The van der Waals surface area contributed by atoms with Crippen molar-refractivity contribution in [2.24, 2.45) is 0 Å². The lowest BCUT2D eigenvalue weighted by Crippen LogP contribution is -2.31. The first kappa shape index (κ1) is 25.7. The van der Waals surface area contributed by atoms with Gasteiger partial charge >= 0.3 is 0 Å². The maximum Gasteiger partial charge on any atom is 0.255 e. The number of phenols is 2. The molecule has 3 aromatic heterocycles. The Labute approximate surface area is 220 Å². The molecule has 1 aliphatic rings. The summed E-state index contributed by atoms with van der Waals surface area (Å²) in [5.74, 6) is -2.38. The van der Waals surface area contributed by atoms with E-state index in [0.717, 1.165) is 6.07 Å². The zero-order valence-electron chi connectivity index (χ0n) is 20.1. The molecule has 0 bridgehead atoms. The van der Waals surface area contributed by atoms with Gasteiger partial charge in [-0.3, -0.25) is 19.1 Å². The van der Waals surface area contributed by atoms with Crippen molar-refractivity contribution in [2.75, 3.05) is 12.3 Å². The zero-order valence-corrected chi connectivity index (χ0v) is 20.1. The number of ether oxygens (including phenoxy) is 1. The highest BCUT2D eigenvalue weighted by atomic mass is 16.6. The van der Waals surface area contributed by atoms with Crippen molar-refractivity contribution in [3.63, 3.8) is 0 Å². The van der Waals surface area contributed by atoms with Gasteiger partial charge in [0.25, 0.3) is 5.91 Å². The number of imidazole rings is 1. The molecule has 4 atom stereocenters. The second kappa shape index (κ2) is 10.4. The minimum Gasteiger partial charge on any atom is -0.504 e. The highest BCUT2D eigenvalue weighted by Crippen LogP contribution is 2.33. The van der Waals surface area contributed by atoms with E-state index >= 15 is 0 Å². The van der Waals surface area contributed by atoms with Gasteiger partial charge in [-0.25, -0.2) is 15.0 Å². The number of pyridine rings is 1. The number of hydrogen-bond acceptors (Lipinski definition) is 12. The predicted octanol–water partition coefficient (Wildman–Crippen LogP) is 0.0511. The zero-order chi connectivity index (χ0) is 27.7. The summed E-state index contributed by atoms with van der Waals surface area (Å²) < 4.78 is 7.23.